The number of aromatic carboxylic acids is 1. The van der Waals surface area contributed by atoms with Gasteiger partial charge in [-0.3, -0.25) is 19.1 Å². The van der Waals surface area contributed by atoms with E-state index in [9.17, 15) is 24.3 Å². The number of amides is 3. The minimum Gasteiger partial charge on any atom is -0.478 e. The lowest BCUT2D eigenvalue weighted by Crippen LogP contribution is -2.27. The molecule has 10 nitrogen and oxygen atoms in total. The molecule has 0 radical (unpaired) electrons. The number of carboxylic acids is 1. The van der Waals surface area contributed by atoms with Crippen molar-refractivity contribution in [1.82, 2.24) is 19.6 Å². The number of carbonyl (C=O) groups is 4. The molecule has 3 amide bonds. The molecule has 0 unspecified atom stereocenters. The Bertz CT molecular complexity index is 950. The van der Waals surface area contributed by atoms with Crippen LogP contribution in [0.15, 0.2) is 24.3 Å². The molecule has 0 atom stereocenters. The lowest BCUT2D eigenvalue weighted by Gasteiger charge is -2.11. The Hall–Kier alpha value is -3.69. The summed E-state index contributed by atoms with van der Waals surface area (Å²) in [4.78, 5) is 47.9. The summed E-state index contributed by atoms with van der Waals surface area (Å²) >= 11 is 0. The molecule has 2 rings (SSSR count). The van der Waals surface area contributed by atoms with Gasteiger partial charge in [0, 0.05) is 28.2 Å². The van der Waals surface area contributed by atoms with Crippen LogP contribution in [0.3, 0.4) is 0 Å². The largest absolute Gasteiger partial charge is 0.478 e. The number of aromatic nitrogens is 2. The minimum atomic E-state index is -1.07. The fourth-order valence-electron chi connectivity index (χ4n) is 2.54. The van der Waals surface area contributed by atoms with Gasteiger partial charge < -0.3 is 20.2 Å². The number of hydrogen-bond acceptors (Lipinski definition) is 5. The van der Waals surface area contributed by atoms with Gasteiger partial charge >= 0.3 is 5.97 Å². The van der Waals surface area contributed by atoms with Crippen LogP contribution in [0, 0.1) is 13.8 Å². The summed E-state index contributed by atoms with van der Waals surface area (Å²) in [6.07, 6.45) is 0.684. The maximum atomic E-state index is 12.4. The summed E-state index contributed by atoms with van der Waals surface area (Å²) in [5.74, 6) is -1.52. The SMILES string of the molecule is CN(C)C=O.Cc1nn(CC(=O)N(C)C)c(C)c1NC(=O)Cc1ccccc1C(=O)O. The molecule has 2 aromatic rings. The van der Waals surface area contributed by atoms with Gasteiger partial charge in [0.2, 0.25) is 18.2 Å². The zero-order valence-corrected chi connectivity index (χ0v) is 18.7. The highest BCUT2D eigenvalue weighted by molar-refractivity contribution is 5.96. The molecular weight excluding hydrogens is 402 g/mol. The van der Waals surface area contributed by atoms with Crippen molar-refractivity contribution < 1.29 is 24.3 Å². The zero-order valence-electron chi connectivity index (χ0n) is 18.7. The van der Waals surface area contributed by atoms with E-state index in [-0.39, 0.29) is 30.3 Å². The van der Waals surface area contributed by atoms with E-state index >= 15 is 0 Å². The third-order valence-electron chi connectivity index (χ3n) is 4.24. The third-order valence-corrected chi connectivity index (χ3v) is 4.24. The van der Waals surface area contributed by atoms with Crippen molar-refractivity contribution in [3.63, 3.8) is 0 Å². The molecule has 31 heavy (non-hydrogen) atoms. The number of hydrogen-bond donors (Lipinski definition) is 2. The highest BCUT2D eigenvalue weighted by atomic mass is 16.4. The van der Waals surface area contributed by atoms with Gasteiger partial charge in [0.1, 0.15) is 6.54 Å². The second-order valence-electron chi connectivity index (χ2n) is 7.25. The average Bonchev–Trinajstić information content (AvgIpc) is 2.95. The first-order valence-electron chi connectivity index (χ1n) is 9.44. The topological polar surface area (TPSA) is 125 Å². The quantitative estimate of drug-likeness (QED) is 0.634. The summed E-state index contributed by atoms with van der Waals surface area (Å²) in [6.45, 7) is 3.59. The van der Waals surface area contributed by atoms with Crippen molar-refractivity contribution in [2.45, 2.75) is 26.8 Å². The summed E-state index contributed by atoms with van der Waals surface area (Å²) in [5, 5.41) is 16.3. The molecule has 0 aliphatic heterocycles. The van der Waals surface area contributed by atoms with Crippen LogP contribution in [0.1, 0.15) is 27.3 Å². The first-order chi connectivity index (χ1) is 14.5. The van der Waals surface area contributed by atoms with Crippen LogP contribution in [0.2, 0.25) is 0 Å². The lowest BCUT2D eigenvalue weighted by molar-refractivity contribution is -0.129. The molecule has 0 fully saturated rings. The Morgan fingerprint density at radius 3 is 2.23 bits per heavy atom. The summed E-state index contributed by atoms with van der Waals surface area (Å²) in [7, 11) is 6.70. The number of nitrogens with zero attached hydrogens (tertiary/aromatic N) is 4. The highest BCUT2D eigenvalue weighted by Gasteiger charge is 2.18. The van der Waals surface area contributed by atoms with E-state index < -0.39 is 5.97 Å². The van der Waals surface area contributed by atoms with Crippen molar-refractivity contribution in [2.75, 3.05) is 33.5 Å². The monoisotopic (exact) mass is 431 g/mol. The smallest absolute Gasteiger partial charge is 0.335 e. The van der Waals surface area contributed by atoms with Crippen molar-refractivity contribution >= 4 is 29.9 Å². The van der Waals surface area contributed by atoms with E-state index in [0.29, 0.717) is 22.6 Å². The number of rotatable bonds is 7. The molecule has 0 saturated carbocycles. The number of aryl methyl sites for hydroxylation is 1. The first kappa shape index (κ1) is 25.3. The highest BCUT2D eigenvalue weighted by Crippen LogP contribution is 2.20. The molecule has 1 aromatic carbocycles. The fourth-order valence-corrected chi connectivity index (χ4v) is 2.54. The van der Waals surface area contributed by atoms with Crippen LogP contribution in [-0.4, -0.2) is 77.1 Å². The average molecular weight is 431 g/mol. The summed E-state index contributed by atoms with van der Waals surface area (Å²) < 4.78 is 1.54. The molecule has 1 heterocycles. The standard InChI is InChI=1S/C18H22N4O4.C3H7NO/c1-11-17(12(2)22(20-11)10-16(24)21(3)4)19-15(23)9-13-7-5-6-8-14(13)18(25)26;1-4(2)3-5/h5-8H,9-10H2,1-4H3,(H,19,23)(H,25,26);3H,1-2H3. The third kappa shape index (κ3) is 7.57. The maximum Gasteiger partial charge on any atom is 0.335 e. The Morgan fingerprint density at radius 2 is 1.71 bits per heavy atom. The lowest BCUT2D eigenvalue weighted by atomic mass is 10.0. The number of anilines is 1. The van der Waals surface area contributed by atoms with Gasteiger partial charge in [-0.05, 0) is 25.5 Å². The molecule has 1 aromatic heterocycles. The summed E-state index contributed by atoms with van der Waals surface area (Å²) in [5.41, 5.74) is 2.33. The van der Waals surface area contributed by atoms with Crippen LogP contribution in [0.25, 0.3) is 0 Å². The van der Waals surface area contributed by atoms with Gasteiger partial charge in [-0.25, -0.2) is 4.79 Å². The second-order valence-corrected chi connectivity index (χ2v) is 7.25. The number of carbonyl (C=O) groups excluding carboxylic acids is 3. The van der Waals surface area contributed by atoms with E-state index in [2.05, 4.69) is 10.4 Å². The van der Waals surface area contributed by atoms with E-state index in [1.54, 1.807) is 64.9 Å². The van der Waals surface area contributed by atoms with Gasteiger partial charge in [-0.1, -0.05) is 18.2 Å². The molecule has 0 bridgehead atoms. The van der Waals surface area contributed by atoms with Crippen LogP contribution in [-0.2, 0) is 27.3 Å². The molecule has 0 saturated heterocycles. The van der Waals surface area contributed by atoms with Crippen molar-refractivity contribution in [3.05, 3.63) is 46.8 Å². The fraction of sp³-hybridized carbons (Fsp3) is 0.381. The van der Waals surface area contributed by atoms with Crippen LogP contribution < -0.4 is 5.32 Å². The Morgan fingerprint density at radius 1 is 1.13 bits per heavy atom. The summed E-state index contributed by atoms with van der Waals surface area (Å²) in [6, 6.07) is 6.38. The molecular formula is C21H29N5O5. The molecule has 0 spiro atoms. The van der Waals surface area contributed by atoms with Gasteiger partial charge in [-0.2, -0.15) is 5.10 Å². The Balaban J connectivity index is 0.000000861. The Kier molecular flexibility index (Phi) is 9.39. The first-order valence-corrected chi connectivity index (χ1v) is 9.44. The van der Waals surface area contributed by atoms with E-state index in [1.807, 2.05) is 0 Å². The number of carboxylic acid groups (broad SMARTS) is 1. The van der Waals surface area contributed by atoms with Gasteiger partial charge in [0.25, 0.3) is 0 Å². The van der Waals surface area contributed by atoms with Crippen molar-refractivity contribution in [1.29, 1.82) is 0 Å². The minimum absolute atomic E-state index is 0.0663. The predicted molar refractivity (Wildman–Crippen MR) is 116 cm³/mol. The maximum absolute atomic E-state index is 12.4. The molecule has 0 aliphatic rings. The van der Waals surface area contributed by atoms with Crippen molar-refractivity contribution in [3.8, 4) is 0 Å². The van der Waals surface area contributed by atoms with Crippen LogP contribution in [0.4, 0.5) is 5.69 Å². The number of nitrogens with one attached hydrogen (secondary N) is 1. The normalized spacial score (nSPS) is 9.87. The van der Waals surface area contributed by atoms with E-state index in [4.69, 9.17) is 0 Å². The van der Waals surface area contributed by atoms with E-state index in [1.165, 1.54) is 15.9 Å². The van der Waals surface area contributed by atoms with Gasteiger partial charge in [-0.15, -0.1) is 0 Å². The molecule has 168 valence electrons. The second kappa shape index (κ2) is 11.5. The van der Waals surface area contributed by atoms with Crippen molar-refractivity contribution in [2.24, 2.45) is 0 Å². The molecule has 2 N–H and O–H groups in total. The van der Waals surface area contributed by atoms with Gasteiger partial charge in [0.15, 0.2) is 0 Å². The number of benzene rings is 1. The zero-order chi connectivity index (χ0) is 23.7. The van der Waals surface area contributed by atoms with Gasteiger partial charge in [0.05, 0.1) is 29.1 Å². The number of likely N-dealkylation sites (N-methyl/N-ethyl adjacent to an activating group) is 1. The molecule has 0 aliphatic carbocycles. The van der Waals surface area contributed by atoms with Crippen LogP contribution >= 0.6 is 0 Å². The Labute approximate surface area is 181 Å². The predicted octanol–water partition coefficient (Wildman–Crippen LogP) is 1.17. The van der Waals surface area contributed by atoms with Crippen LogP contribution in [0.5, 0.6) is 0 Å². The van der Waals surface area contributed by atoms with E-state index in [0.717, 1.165) is 6.41 Å². The molecule has 10 heteroatoms.